The molecule has 2 heterocycles. The molecule has 0 saturated carbocycles. The van der Waals surface area contributed by atoms with Gasteiger partial charge < -0.3 is 9.88 Å². The largest absolute Gasteiger partial charge is 0.324 e. The van der Waals surface area contributed by atoms with Crippen LogP contribution in [0.15, 0.2) is 46.2 Å². The Morgan fingerprint density at radius 2 is 1.70 bits per heavy atom. The van der Waals surface area contributed by atoms with Crippen molar-refractivity contribution in [2.75, 3.05) is 18.4 Å². The van der Waals surface area contributed by atoms with Crippen LogP contribution < -0.4 is 10.9 Å². The fraction of sp³-hybridized carbons (Fsp3) is 0.294. The number of sulfonamides is 1. The van der Waals surface area contributed by atoms with Crippen LogP contribution in [0.4, 0.5) is 5.69 Å². The van der Waals surface area contributed by atoms with Crippen molar-refractivity contribution in [1.29, 1.82) is 0 Å². The van der Waals surface area contributed by atoms with Gasteiger partial charge in [-0.25, -0.2) is 8.42 Å². The Bertz CT molecular complexity index is 1010. The highest BCUT2D eigenvalue weighted by atomic mass is 35.5. The van der Waals surface area contributed by atoms with Crippen molar-refractivity contribution >= 4 is 44.8 Å². The molecule has 1 aromatic carbocycles. The van der Waals surface area contributed by atoms with Crippen LogP contribution in [0.2, 0.25) is 10.0 Å². The number of nitrogens with zero attached hydrogens (tertiary/aromatic N) is 2. The van der Waals surface area contributed by atoms with Crippen molar-refractivity contribution in [2.24, 2.45) is 0 Å². The van der Waals surface area contributed by atoms with E-state index in [4.69, 9.17) is 23.2 Å². The van der Waals surface area contributed by atoms with E-state index in [1.807, 2.05) is 0 Å². The SMILES string of the molecule is O=C(Cn1cc(S(=O)(=O)N2CCCC2)ccc1=O)Nc1cc(Cl)cc(Cl)c1. The molecular weight excluding hydrogens is 413 g/mol. The summed E-state index contributed by atoms with van der Waals surface area (Å²) in [5.74, 6) is -0.508. The maximum atomic E-state index is 12.6. The molecule has 1 amide bonds. The van der Waals surface area contributed by atoms with Crippen molar-refractivity contribution in [2.45, 2.75) is 24.3 Å². The maximum absolute atomic E-state index is 12.6. The standard InChI is InChI=1S/C17H17Cl2N3O4S/c18-12-7-13(19)9-14(8-12)20-16(23)11-21-10-15(3-4-17(21)24)27(25,26)22-5-1-2-6-22/h3-4,7-10H,1-2,5-6,11H2,(H,20,23). The van der Waals surface area contributed by atoms with E-state index < -0.39 is 21.5 Å². The van der Waals surface area contributed by atoms with Crippen molar-refractivity contribution in [1.82, 2.24) is 8.87 Å². The Morgan fingerprint density at radius 1 is 1.07 bits per heavy atom. The Balaban J connectivity index is 1.80. The monoisotopic (exact) mass is 429 g/mol. The molecule has 1 saturated heterocycles. The summed E-state index contributed by atoms with van der Waals surface area (Å²) < 4.78 is 27.7. The number of aromatic nitrogens is 1. The van der Waals surface area contributed by atoms with Gasteiger partial charge in [-0.05, 0) is 37.1 Å². The summed E-state index contributed by atoms with van der Waals surface area (Å²) in [5.41, 5.74) is -0.0963. The van der Waals surface area contributed by atoms with Crippen LogP contribution in [0.3, 0.4) is 0 Å². The Morgan fingerprint density at radius 3 is 2.33 bits per heavy atom. The number of anilines is 1. The van der Waals surface area contributed by atoms with Crippen molar-refractivity contribution < 1.29 is 13.2 Å². The molecule has 0 bridgehead atoms. The molecule has 0 atom stereocenters. The number of hydrogen-bond acceptors (Lipinski definition) is 4. The van der Waals surface area contributed by atoms with E-state index in [1.165, 1.54) is 34.8 Å². The predicted molar refractivity (Wildman–Crippen MR) is 104 cm³/mol. The van der Waals surface area contributed by atoms with E-state index in [0.717, 1.165) is 23.5 Å². The first kappa shape index (κ1) is 19.9. The molecule has 7 nitrogen and oxygen atoms in total. The molecule has 0 aliphatic carbocycles. The number of amides is 1. The Hall–Kier alpha value is -1.87. The van der Waals surface area contributed by atoms with Gasteiger partial charge >= 0.3 is 0 Å². The van der Waals surface area contributed by atoms with Crippen LogP contribution in [0.1, 0.15) is 12.8 Å². The third-order valence-electron chi connectivity index (χ3n) is 4.12. The van der Waals surface area contributed by atoms with Crippen LogP contribution >= 0.6 is 23.2 Å². The zero-order valence-electron chi connectivity index (χ0n) is 14.2. The third kappa shape index (κ3) is 4.70. The average Bonchev–Trinajstić information content (AvgIpc) is 3.11. The van der Waals surface area contributed by atoms with Gasteiger partial charge in [-0.3, -0.25) is 9.59 Å². The molecule has 0 spiro atoms. The fourth-order valence-electron chi connectivity index (χ4n) is 2.84. The number of carbonyl (C=O) groups excluding carboxylic acids is 1. The maximum Gasteiger partial charge on any atom is 0.251 e. The molecule has 2 aromatic rings. The third-order valence-corrected chi connectivity index (χ3v) is 6.44. The number of nitrogens with one attached hydrogen (secondary N) is 1. The first-order chi connectivity index (χ1) is 12.8. The van der Waals surface area contributed by atoms with Gasteiger partial charge in [0.2, 0.25) is 15.9 Å². The van der Waals surface area contributed by atoms with E-state index in [9.17, 15) is 18.0 Å². The molecule has 27 heavy (non-hydrogen) atoms. The second-order valence-electron chi connectivity index (χ2n) is 6.15. The van der Waals surface area contributed by atoms with E-state index in [1.54, 1.807) is 0 Å². The van der Waals surface area contributed by atoms with Gasteiger partial charge in [-0.1, -0.05) is 23.2 Å². The summed E-state index contributed by atoms with van der Waals surface area (Å²) in [7, 11) is -3.68. The van der Waals surface area contributed by atoms with E-state index in [2.05, 4.69) is 5.32 Å². The van der Waals surface area contributed by atoms with Crippen molar-refractivity contribution in [3.05, 3.63) is 56.9 Å². The number of benzene rings is 1. The number of hydrogen-bond donors (Lipinski definition) is 1. The smallest absolute Gasteiger partial charge is 0.251 e. The second kappa shape index (κ2) is 8.02. The molecule has 1 fully saturated rings. The zero-order valence-corrected chi connectivity index (χ0v) is 16.5. The molecular formula is C17H17Cl2N3O4S. The highest BCUT2D eigenvalue weighted by Gasteiger charge is 2.27. The van der Waals surface area contributed by atoms with Crippen molar-refractivity contribution in [3.63, 3.8) is 0 Å². The topological polar surface area (TPSA) is 88.5 Å². The van der Waals surface area contributed by atoms with Gasteiger partial charge in [0.05, 0.1) is 4.90 Å². The van der Waals surface area contributed by atoms with E-state index in [-0.39, 0.29) is 11.4 Å². The van der Waals surface area contributed by atoms with Gasteiger partial charge in [0, 0.05) is 41.1 Å². The van der Waals surface area contributed by atoms with Crippen LogP contribution in [-0.4, -0.2) is 36.3 Å². The van der Waals surface area contributed by atoms with Crippen LogP contribution in [0.5, 0.6) is 0 Å². The summed E-state index contributed by atoms with van der Waals surface area (Å²) >= 11 is 11.8. The Kier molecular flexibility index (Phi) is 5.90. The number of carbonyl (C=O) groups is 1. The second-order valence-corrected chi connectivity index (χ2v) is 8.96. The molecule has 0 radical (unpaired) electrons. The molecule has 10 heteroatoms. The van der Waals surface area contributed by atoms with Crippen LogP contribution in [-0.2, 0) is 21.4 Å². The minimum absolute atomic E-state index is 0.0115. The summed E-state index contributed by atoms with van der Waals surface area (Å²) in [6, 6.07) is 6.97. The first-order valence-electron chi connectivity index (χ1n) is 8.22. The fourth-order valence-corrected chi connectivity index (χ4v) is 4.91. The lowest BCUT2D eigenvalue weighted by Crippen LogP contribution is -2.31. The normalized spacial score (nSPS) is 15.0. The molecule has 0 unspecified atom stereocenters. The predicted octanol–water partition coefficient (Wildman–Crippen LogP) is 2.58. The van der Waals surface area contributed by atoms with E-state index >= 15 is 0 Å². The summed E-state index contributed by atoms with van der Waals surface area (Å²) in [6.07, 6.45) is 2.81. The van der Waals surface area contributed by atoms with Gasteiger partial charge in [0.15, 0.2) is 0 Å². The first-order valence-corrected chi connectivity index (χ1v) is 10.4. The average molecular weight is 430 g/mol. The number of halogens is 2. The summed E-state index contributed by atoms with van der Waals surface area (Å²) in [5, 5.41) is 3.30. The molecule has 1 N–H and O–H groups in total. The molecule has 3 rings (SSSR count). The van der Waals surface area contributed by atoms with Gasteiger partial charge in [0.25, 0.3) is 5.56 Å². The number of pyridine rings is 1. The summed E-state index contributed by atoms with van der Waals surface area (Å²) in [4.78, 5) is 24.3. The minimum atomic E-state index is -3.68. The minimum Gasteiger partial charge on any atom is -0.324 e. The van der Waals surface area contributed by atoms with Crippen LogP contribution in [0.25, 0.3) is 0 Å². The quantitative estimate of drug-likeness (QED) is 0.790. The molecule has 1 aliphatic heterocycles. The van der Waals surface area contributed by atoms with Gasteiger partial charge in [0.1, 0.15) is 6.54 Å². The lowest BCUT2D eigenvalue weighted by molar-refractivity contribution is -0.116. The molecule has 144 valence electrons. The molecule has 1 aliphatic rings. The lowest BCUT2D eigenvalue weighted by Gasteiger charge is -2.16. The van der Waals surface area contributed by atoms with Gasteiger partial charge in [-0.2, -0.15) is 4.31 Å². The Labute approximate surface area is 166 Å². The van der Waals surface area contributed by atoms with Crippen LogP contribution in [0, 0.1) is 0 Å². The zero-order chi connectivity index (χ0) is 19.6. The lowest BCUT2D eigenvalue weighted by atomic mass is 10.3. The highest BCUT2D eigenvalue weighted by Crippen LogP contribution is 2.22. The van der Waals surface area contributed by atoms with Gasteiger partial charge in [-0.15, -0.1) is 0 Å². The highest BCUT2D eigenvalue weighted by molar-refractivity contribution is 7.89. The summed E-state index contributed by atoms with van der Waals surface area (Å²) in [6.45, 7) is 0.571. The number of rotatable bonds is 5. The van der Waals surface area contributed by atoms with Crippen molar-refractivity contribution in [3.8, 4) is 0 Å². The van der Waals surface area contributed by atoms with E-state index in [0.29, 0.717) is 28.8 Å². The molecule has 1 aromatic heterocycles.